The van der Waals surface area contributed by atoms with Crippen molar-refractivity contribution < 1.29 is 9.59 Å². The molecule has 2 fully saturated rings. The number of nitrogens with one attached hydrogen (secondary N) is 1. The third kappa shape index (κ3) is 4.00. The van der Waals surface area contributed by atoms with Gasteiger partial charge in [0.15, 0.2) is 0 Å². The van der Waals surface area contributed by atoms with Crippen molar-refractivity contribution >= 4 is 11.8 Å². The van der Waals surface area contributed by atoms with Gasteiger partial charge in [0.05, 0.1) is 18.8 Å². The van der Waals surface area contributed by atoms with E-state index >= 15 is 0 Å². The van der Waals surface area contributed by atoms with Crippen LogP contribution in [-0.4, -0.2) is 39.6 Å². The van der Waals surface area contributed by atoms with Crippen LogP contribution >= 0.6 is 0 Å². The Labute approximate surface area is 177 Å². The molecule has 3 aliphatic rings. The van der Waals surface area contributed by atoms with Gasteiger partial charge in [0.2, 0.25) is 11.8 Å². The summed E-state index contributed by atoms with van der Waals surface area (Å²) in [6.45, 7) is 2.21. The zero-order valence-electron chi connectivity index (χ0n) is 17.4. The fraction of sp³-hybridized carbons (Fsp3) is 0.542. The molecule has 0 bridgehead atoms. The zero-order valence-corrected chi connectivity index (χ0v) is 17.4. The van der Waals surface area contributed by atoms with Gasteiger partial charge in [-0.25, -0.2) is 0 Å². The number of amides is 2. The molecule has 6 nitrogen and oxygen atoms in total. The minimum Gasteiger partial charge on any atom is -0.349 e. The highest BCUT2D eigenvalue weighted by atomic mass is 16.2. The quantitative estimate of drug-likeness (QED) is 0.830. The molecular formula is C24H30N4O2. The number of fused-ring (bicyclic) bond motifs is 1. The van der Waals surface area contributed by atoms with E-state index in [4.69, 9.17) is 0 Å². The summed E-state index contributed by atoms with van der Waals surface area (Å²) >= 11 is 0. The van der Waals surface area contributed by atoms with Gasteiger partial charge in [0.1, 0.15) is 0 Å². The third-order valence-electron chi connectivity index (χ3n) is 6.86. The van der Waals surface area contributed by atoms with Gasteiger partial charge in [0.25, 0.3) is 0 Å². The summed E-state index contributed by atoms with van der Waals surface area (Å²) in [7, 11) is 0. The first-order valence-corrected chi connectivity index (χ1v) is 11.4. The molecule has 1 saturated carbocycles. The van der Waals surface area contributed by atoms with Gasteiger partial charge in [-0.1, -0.05) is 30.3 Å². The molecule has 1 N–H and O–H groups in total. The fourth-order valence-corrected chi connectivity index (χ4v) is 4.90. The summed E-state index contributed by atoms with van der Waals surface area (Å²) in [4.78, 5) is 27.2. The summed E-state index contributed by atoms with van der Waals surface area (Å²) in [5.41, 5.74) is 3.66. The third-order valence-corrected chi connectivity index (χ3v) is 6.86. The number of nitrogens with zero attached hydrogens (tertiary/aromatic N) is 3. The van der Waals surface area contributed by atoms with Crippen LogP contribution in [0.3, 0.4) is 0 Å². The number of hydrogen-bond donors (Lipinski definition) is 1. The molecule has 1 aromatic carbocycles. The first-order valence-electron chi connectivity index (χ1n) is 11.4. The summed E-state index contributed by atoms with van der Waals surface area (Å²) in [6.07, 6.45) is 8.62. The van der Waals surface area contributed by atoms with E-state index in [-0.39, 0.29) is 23.8 Å². The van der Waals surface area contributed by atoms with Crippen molar-refractivity contribution in [3.63, 3.8) is 0 Å². The van der Waals surface area contributed by atoms with Gasteiger partial charge >= 0.3 is 0 Å². The number of carbonyl (C=O) groups is 2. The SMILES string of the molecule is O=C(NC1CCCc2c1cnn2Cc1ccccc1)C1CCN(C(=O)C2CC2)CC1. The number of carbonyl (C=O) groups excluding carboxylic acids is 2. The molecule has 0 radical (unpaired) electrons. The molecular weight excluding hydrogens is 376 g/mol. The van der Waals surface area contributed by atoms with Crippen molar-refractivity contribution in [2.45, 2.75) is 57.5 Å². The van der Waals surface area contributed by atoms with Crippen molar-refractivity contribution in [1.82, 2.24) is 20.0 Å². The maximum Gasteiger partial charge on any atom is 0.225 e. The standard InChI is InChI=1S/C24H30N4O2/c29-23(18-11-13-27(14-12-18)24(30)19-9-10-19)26-21-7-4-8-22-20(21)15-25-28(22)16-17-5-2-1-3-6-17/h1-3,5-6,15,18-19,21H,4,7-14,16H2,(H,26,29). The second-order valence-corrected chi connectivity index (χ2v) is 9.02. The average Bonchev–Trinajstić information content (AvgIpc) is 3.56. The Bertz CT molecular complexity index is 911. The number of likely N-dealkylation sites (tertiary alicyclic amines) is 1. The number of benzene rings is 1. The Balaban J connectivity index is 1.20. The van der Waals surface area contributed by atoms with Gasteiger partial charge in [0, 0.05) is 36.2 Å². The van der Waals surface area contributed by atoms with Gasteiger partial charge in [-0.2, -0.15) is 5.10 Å². The lowest BCUT2D eigenvalue weighted by atomic mass is 9.90. The molecule has 2 aromatic rings. The molecule has 1 aromatic heterocycles. The van der Waals surface area contributed by atoms with Crippen LogP contribution in [0.25, 0.3) is 0 Å². The van der Waals surface area contributed by atoms with Crippen LogP contribution in [0.4, 0.5) is 0 Å². The minimum atomic E-state index is 0.0120. The molecule has 2 heterocycles. The number of piperidine rings is 1. The van der Waals surface area contributed by atoms with Crippen molar-refractivity contribution in [3.05, 3.63) is 53.3 Å². The predicted molar refractivity (Wildman–Crippen MR) is 114 cm³/mol. The lowest BCUT2D eigenvalue weighted by Crippen LogP contribution is -2.44. The molecule has 1 saturated heterocycles. The molecule has 30 heavy (non-hydrogen) atoms. The van der Waals surface area contributed by atoms with E-state index in [9.17, 15) is 9.59 Å². The highest BCUT2D eigenvalue weighted by molar-refractivity contribution is 5.82. The Morgan fingerprint density at radius 2 is 1.77 bits per heavy atom. The molecule has 1 atom stereocenters. The van der Waals surface area contributed by atoms with Crippen LogP contribution in [0.1, 0.15) is 61.4 Å². The van der Waals surface area contributed by atoms with Gasteiger partial charge in [-0.3, -0.25) is 14.3 Å². The molecule has 1 unspecified atom stereocenters. The Kier molecular flexibility index (Phi) is 5.32. The number of aromatic nitrogens is 2. The Hall–Kier alpha value is -2.63. The van der Waals surface area contributed by atoms with Crippen LogP contribution in [0.15, 0.2) is 36.5 Å². The lowest BCUT2D eigenvalue weighted by molar-refractivity contribution is -0.136. The maximum absolute atomic E-state index is 13.0. The van der Waals surface area contributed by atoms with Crippen LogP contribution < -0.4 is 5.32 Å². The first kappa shape index (κ1) is 19.3. The highest BCUT2D eigenvalue weighted by Crippen LogP contribution is 2.33. The Morgan fingerprint density at radius 3 is 2.50 bits per heavy atom. The van der Waals surface area contributed by atoms with E-state index in [2.05, 4.69) is 39.4 Å². The fourth-order valence-electron chi connectivity index (χ4n) is 4.90. The van der Waals surface area contributed by atoms with E-state index in [1.54, 1.807) is 0 Å². The summed E-state index contributed by atoms with van der Waals surface area (Å²) < 4.78 is 2.09. The van der Waals surface area contributed by atoms with Crippen molar-refractivity contribution in [2.24, 2.45) is 11.8 Å². The van der Waals surface area contributed by atoms with E-state index < -0.39 is 0 Å². The second kappa shape index (κ2) is 8.25. The molecule has 158 valence electrons. The van der Waals surface area contributed by atoms with Crippen molar-refractivity contribution in [2.75, 3.05) is 13.1 Å². The van der Waals surface area contributed by atoms with Crippen LogP contribution in [0, 0.1) is 11.8 Å². The number of hydrogen-bond acceptors (Lipinski definition) is 3. The summed E-state index contributed by atoms with van der Waals surface area (Å²) in [5.74, 6) is 0.722. The van der Waals surface area contributed by atoms with Gasteiger partial charge in [-0.15, -0.1) is 0 Å². The highest BCUT2D eigenvalue weighted by Gasteiger charge is 2.36. The molecule has 2 amide bonds. The van der Waals surface area contributed by atoms with E-state index in [1.165, 1.54) is 16.8 Å². The Morgan fingerprint density at radius 1 is 1.00 bits per heavy atom. The van der Waals surface area contributed by atoms with E-state index in [0.717, 1.165) is 64.6 Å². The smallest absolute Gasteiger partial charge is 0.225 e. The van der Waals surface area contributed by atoms with Crippen LogP contribution in [-0.2, 0) is 22.6 Å². The second-order valence-electron chi connectivity index (χ2n) is 9.02. The summed E-state index contributed by atoms with van der Waals surface area (Å²) in [6, 6.07) is 10.4. The molecule has 6 heteroatoms. The molecule has 2 aliphatic carbocycles. The van der Waals surface area contributed by atoms with E-state index in [0.29, 0.717) is 5.91 Å². The maximum atomic E-state index is 13.0. The largest absolute Gasteiger partial charge is 0.349 e. The van der Waals surface area contributed by atoms with Gasteiger partial charge < -0.3 is 10.2 Å². The zero-order chi connectivity index (χ0) is 20.5. The summed E-state index contributed by atoms with van der Waals surface area (Å²) in [5, 5.41) is 7.94. The first-order chi connectivity index (χ1) is 14.7. The topological polar surface area (TPSA) is 67.2 Å². The van der Waals surface area contributed by atoms with Crippen LogP contribution in [0.5, 0.6) is 0 Å². The van der Waals surface area contributed by atoms with Crippen molar-refractivity contribution in [1.29, 1.82) is 0 Å². The van der Waals surface area contributed by atoms with Gasteiger partial charge in [-0.05, 0) is 50.5 Å². The van der Waals surface area contributed by atoms with Crippen LogP contribution in [0.2, 0.25) is 0 Å². The normalized spacial score (nSPS) is 21.9. The molecule has 5 rings (SSSR count). The number of rotatable bonds is 5. The molecule has 0 spiro atoms. The average molecular weight is 407 g/mol. The van der Waals surface area contributed by atoms with E-state index in [1.807, 2.05) is 17.2 Å². The van der Waals surface area contributed by atoms with Crippen molar-refractivity contribution in [3.8, 4) is 0 Å². The molecule has 1 aliphatic heterocycles. The predicted octanol–water partition coefficient (Wildman–Crippen LogP) is 3.07. The monoisotopic (exact) mass is 406 g/mol. The minimum absolute atomic E-state index is 0.0120. The lowest BCUT2D eigenvalue weighted by Gasteiger charge is -2.33.